The highest BCUT2D eigenvalue weighted by molar-refractivity contribution is 8.03. The molecular weight excluding hydrogens is 283 g/mol. The summed E-state index contributed by atoms with van der Waals surface area (Å²) in [5.74, 6) is -0.431. The van der Waals surface area contributed by atoms with Crippen molar-refractivity contribution in [2.45, 2.75) is 5.37 Å². The van der Waals surface area contributed by atoms with Gasteiger partial charge in [0.15, 0.2) is 0 Å². The van der Waals surface area contributed by atoms with Gasteiger partial charge in [-0.2, -0.15) is 0 Å². The highest BCUT2D eigenvalue weighted by atomic mass is 35.5. The fourth-order valence-electron chi connectivity index (χ4n) is 1.27. The summed E-state index contributed by atoms with van der Waals surface area (Å²) in [6.45, 7) is 0. The standard InChI is InChI=1S/C10H6Cl2N2O2S/c11-6-1-2-7(12)8(5-6)13-9(15)10-14(16)3-4-17-10/h1-5,10H/p+1. The van der Waals surface area contributed by atoms with E-state index < -0.39 is 11.3 Å². The molecule has 4 nitrogen and oxygen atoms in total. The predicted molar refractivity (Wildman–Crippen MR) is 69.2 cm³/mol. The molecule has 1 amide bonds. The Balaban J connectivity index is 2.13. The fraction of sp³-hybridized carbons (Fsp3) is 0.100. The van der Waals surface area contributed by atoms with E-state index in [0.717, 1.165) is 11.8 Å². The van der Waals surface area contributed by atoms with E-state index in [-0.39, 0.29) is 0 Å². The first-order chi connectivity index (χ1) is 8.08. The van der Waals surface area contributed by atoms with Crippen molar-refractivity contribution >= 4 is 46.6 Å². The van der Waals surface area contributed by atoms with Crippen LogP contribution in [0.5, 0.6) is 0 Å². The van der Waals surface area contributed by atoms with Gasteiger partial charge in [-0.3, -0.25) is 4.79 Å². The van der Waals surface area contributed by atoms with E-state index in [1.165, 1.54) is 12.3 Å². The minimum atomic E-state index is -0.815. The Labute approximate surface area is 112 Å². The lowest BCUT2D eigenvalue weighted by Gasteiger charge is -2.07. The Bertz CT molecular complexity index is 519. The number of hydrogen-bond acceptors (Lipinski definition) is 3. The van der Waals surface area contributed by atoms with Crippen molar-refractivity contribution in [1.29, 1.82) is 0 Å². The minimum absolute atomic E-state index is 0.371. The van der Waals surface area contributed by atoms with Crippen molar-refractivity contribution in [3.05, 3.63) is 44.8 Å². The first kappa shape index (κ1) is 12.4. The highest BCUT2D eigenvalue weighted by Crippen LogP contribution is 2.27. The molecule has 7 heteroatoms. The van der Waals surface area contributed by atoms with E-state index in [0.29, 0.717) is 20.5 Å². The summed E-state index contributed by atoms with van der Waals surface area (Å²) in [5.41, 5.74) is 0.394. The fourth-order valence-corrected chi connectivity index (χ4v) is 2.32. The van der Waals surface area contributed by atoms with Gasteiger partial charge in [0.1, 0.15) is 0 Å². The van der Waals surface area contributed by atoms with Gasteiger partial charge < -0.3 is 5.32 Å². The van der Waals surface area contributed by atoms with Gasteiger partial charge in [0, 0.05) is 15.3 Å². The zero-order valence-corrected chi connectivity index (χ0v) is 10.7. The van der Waals surface area contributed by atoms with Crippen LogP contribution in [0.1, 0.15) is 0 Å². The number of hydrogen-bond donors (Lipinski definition) is 1. The molecular formula is C10H7Cl2N2O2S+. The van der Waals surface area contributed by atoms with Crippen molar-refractivity contribution in [2.24, 2.45) is 0 Å². The third-order valence-electron chi connectivity index (χ3n) is 2.06. The van der Waals surface area contributed by atoms with Crippen LogP contribution in [0, 0.1) is 4.91 Å². The van der Waals surface area contributed by atoms with Crippen molar-refractivity contribution in [3.8, 4) is 0 Å². The predicted octanol–water partition coefficient (Wildman–Crippen LogP) is 3.25. The highest BCUT2D eigenvalue weighted by Gasteiger charge is 2.36. The van der Waals surface area contributed by atoms with Crippen molar-refractivity contribution in [3.63, 3.8) is 0 Å². The summed E-state index contributed by atoms with van der Waals surface area (Å²) in [6, 6.07) is 4.73. The zero-order chi connectivity index (χ0) is 12.4. The summed E-state index contributed by atoms with van der Waals surface area (Å²) in [6.07, 6.45) is 1.30. The van der Waals surface area contributed by atoms with Gasteiger partial charge in [0.25, 0.3) is 0 Å². The number of thioether (sulfide) groups is 1. The number of carbonyl (C=O) groups excluding carboxylic acids is 1. The second-order valence-electron chi connectivity index (χ2n) is 3.25. The topological polar surface area (TPSA) is 49.2 Å². The third kappa shape index (κ3) is 2.80. The summed E-state index contributed by atoms with van der Waals surface area (Å²) < 4.78 is 0.582. The number of benzene rings is 1. The largest absolute Gasteiger partial charge is 0.334 e. The average Bonchev–Trinajstić information content (AvgIpc) is 2.70. The number of carbonyl (C=O) groups is 1. The number of nitroso groups, excluding NO2 is 1. The molecule has 2 rings (SSSR count). The Morgan fingerprint density at radius 3 is 2.82 bits per heavy atom. The molecule has 0 saturated heterocycles. The normalized spacial score (nSPS) is 18.5. The monoisotopic (exact) mass is 289 g/mol. The third-order valence-corrected chi connectivity index (χ3v) is 3.58. The lowest BCUT2D eigenvalue weighted by molar-refractivity contribution is -0.477. The molecule has 1 aliphatic rings. The van der Waals surface area contributed by atoms with Gasteiger partial charge in [0.2, 0.25) is 6.20 Å². The number of anilines is 1. The maximum Gasteiger partial charge on any atom is 0.334 e. The molecule has 0 fully saturated rings. The molecule has 1 heterocycles. The number of rotatable bonds is 2. The second kappa shape index (κ2) is 5.08. The average molecular weight is 290 g/mol. The summed E-state index contributed by atoms with van der Waals surface area (Å²) in [5, 5.41) is 4.15. The number of amides is 1. The maximum absolute atomic E-state index is 11.8. The molecule has 1 atom stereocenters. The lowest BCUT2D eigenvalue weighted by atomic mass is 10.3. The van der Waals surface area contributed by atoms with Gasteiger partial charge in [-0.25, -0.2) is 0 Å². The van der Waals surface area contributed by atoms with Crippen molar-refractivity contribution < 1.29 is 9.55 Å². The first-order valence-corrected chi connectivity index (χ1v) is 6.31. The van der Waals surface area contributed by atoms with Crippen LogP contribution in [0.15, 0.2) is 29.8 Å². The van der Waals surface area contributed by atoms with Gasteiger partial charge in [-0.1, -0.05) is 23.2 Å². The van der Waals surface area contributed by atoms with E-state index in [1.807, 2.05) is 0 Å². The summed E-state index contributed by atoms with van der Waals surface area (Å²) in [7, 11) is 0. The molecule has 1 aromatic rings. The van der Waals surface area contributed by atoms with E-state index in [9.17, 15) is 9.70 Å². The van der Waals surface area contributed by atoms with Crippen molar-refractivity contribution in [1.82, 2.24) is 0 Å². The van der Waals surface area contributed by atoms with Gasteiger partial charge >= 0.3 is 11.3 Å². The Morgan fingerprint density at radius 1 is 1.41 bits per heavy atom. The molecule has 0 bridgehead atoms. The Hall–Kier alpha value is -1.04. The molecule has 1 aliphatic heterocycles. The van der Waals surface area contributed by atoms with E-state index in [2.05, 4.69) is 5.32 Å². The quantitative estimate of drug-likeness (QED) is 0.850. The Kier molecular flexibility index (Phi) is 3.71. The van der Waals surface area contributed by atoms with Crippen LogP contribution >= 0.6 is 35.0 Å². The number of nitrogens with zero attached hydrogens (tertiary/aromatic N) is 1. The number of halogens is 2. The molecule has 0 radical (unpaired) electrons. The van der Waals surface area contributed by atoms with Crippen molar-refractivity contribution in [2.75, 3.05) is 5.32 Å². The van der Waals surface area contributed by atoms with Crippen LogP contribution in [0.4, 0.5) is 5.69 Å². The molecule has 0 aromatic heterocycles. The molecule has 0 aliphatic carbocycles. The summed E-state index contributed by atoms with van der Waals surface area (Å²) in [4.78, 5) is 23.0. The molecule has 1 aromatic carbocycles. The molecule has 88 valence electrons. The van der Waals surface area contributed by atoms with Crippen LogP contribution in [-0.4, -0.2) is 16.0 Å². The second-order valence-corrected chi connectivity index (χ2v) is 5.08. The number of nitrogens with one attached hydrogen (secondary N) is 1. The minimum Gasteiger partial charge on any atom is -0.318 e. The molecule has 0 spiro atoms. The van der Waals surface area contributed by atoms with Crippen LogP contribution in [0.3, 0.4) is 0 Å². The van der Waals surface area contributed by atoms with E-state index in [4.69, 9.17) is 23.2 Å². The Morgan fingerprint density at radius 2 is 2.18 bits per heavy atom. The maximum atomic E-state index is 11.8. The SMILES string of the molecule is O=C(Nc1cc(Cl)ccc1Cl)C1SC=C[N+]1=O. The van der Waals surface area contributed by atoms with Gasteiger partial charge in [0.05, 0.1) is 15.5 Å². The van der Waals surface area contributed by atoms with Crippen LogP contribution in [0.25, 0.3) is 0 Å². The van der Waals surface area contributed by atoms with Gasteiger partial charge in [-0.15, -0.1) is 0 Å². The van der Waals surface area contributed by atoms with Gasteiger partial charge in [-0.05, 0) is 30.0 Å². The first-order valence-electron chi connectivity index (χ1n) is 4.61. The van der Waals surface area contributed by atoms with E-state index in [1.54, 1.807) is 17.5 Å². The van der Waals surface area contributed by atoms with Crippen LogP contribution in [-0.2, 0) is 4.79 Å². The molecule has 0 saturated carbocycles. The van der Waals surface area contributed by atoms with Crippen LogP contribution < -0.4 is 5.32 Å². The molecule has 1 N–H and O–H groups in total. The van der Waals surface area contributed by atoms with Crippen LogP contribution in [0.2, 0.25) is 10.0 Å². The summed E-state index contributed by atoms with van der Waals surface area (Å²) >= 11 is 12.8. The molecule has 17 heavy (non-hydrogen) atoms. The molecule has 1 unspecified atom stereocenters. The smallest absolute Gasteiger partial charge is 0.318 e. The lowest BCUT2D eigenvalue weighted by Crippen LogP contribution is -2.29. The van der Waals surface area contributed by atoms with E-state index >= 15 is 0 Å². The zero-order valence-electron chi connectivity index (χ0n) is 8.39.